The van der Waals surface area contributed by atoms with Crippen molar-refractivity contribution >= 4 is 35.1 Å². The number of carbonyl (C=O) groups excluding carboxylic acids is 2. The number of halogens is 2. The second kappa shape index (κ2) is 7.88. The molecule has 0 aromatic carbocycles. The first kappa shape index (κ1) is 18.4. The van der Waals surface area contributed by atoms with Crippen molar-refractivity contribution in [2.24, 2.45) is 5.92 Å². The van der Waals surface area contributed by atoms with Gasteiger partial charge in [-0.05, 0) is 25.0 Å². The maximum atomic E-state index is 12.7. The average Bonchev–Trinajstić information content (AvgIpc) is 3.03. The standard InChI is InChI=1S/C17H16Cl2N4O3/c1-26-17(25)10-4-2-5-11(8-10)21-16(24)13-9-14(19)22-23(13)15-12(18)6-3-7-20-15/h2-3,5-7,9-11H,4,8H2,1H3,(H,21,24)/t10-,11-/m1/s1. The Kier molecular flexibility index (Phi) is 5.58. The predicted octanol–water partition coefficient (Wildman–Crippen LogP) is 2.81. The van der Waals surface area contributed by atoms with E-state index in [1.807, 2.05) is 12.2 Å². The normalized spacial score (nSPS) is 19.2. The van der Waals surface area contributed by atoms with E-state index in [0.717, 1.165) is 0 Å². The van der Waals surface area contributed by atoms with Crippen LogP contribution in [-0.4, -0.2) is 39.8 Å². The van der Waals surface area contributed by atoms with Crippen molar-refractivity contribution in [2.45, 2.75) is 18.9 Å². The summed E-state index contributed by atoms with van der Waals surface area (Å²) in [6.45, 7) is 0. The number of rotatable bonds is 4. The zero-order chi connectivity index (χ0) is 18.7. The second-order valence-electron chi connectivity index (χ2n) is 5.77. The molecule has 9 heteroatoms. The molecule has 1 amide bonds. The Morgan fingerprint density at radius 3 is 2.92 bits per heavy atom. The number of hydrogen-bond acceptors (Lipinski definition) is 5. The third-order valence-corrected chi connectivity index (χ3v) is 4.51. The number of esters is 1. The van der Waals surface area contributed by atoms with Crippen LogP contribution in [0.25, 0.3) is 5.82 Å². The van der Waals surface area contributed by atoms with Crippen molar-refractivity contribution in [3.8, 4) is 5.82 Å². The summed E-state index contributed by atoms with van der Waals surface area (Å²) < 4.78 is 6.08. The van der Waals surface area contributed by atoms with Crippen molar-refractivity contribution < 1.29 is 14.3 Å². The zero-order valence-electron chi connectivity index (χ0n) is 13.9. The molecule has 0 saturated heterocycles. The molecule has 3 rings (SSSR count). The van der Waals surface area contributed by atoms with Gasteiger partial charge >= 0.3 is 5.97 Å². The van der Waals surface area contributed by atoms with Crippen molar-refractivity contribution in [2.75, 3.05) is 7.11 Å². The number of nitrogens with one attached hydrogen (secondary N) is 1. The quantitative estimate of drug-likeness (QED) is 0.636. The van der Waals surface area contributed by atoms with Crippen LogP contribution in [0.15, 0.2) is 36.5 Å². The molecular formula is C17H16Cl2N4O3. The summed E-state index contributed by atoms with van der Waals surface area (Å²) in [7, 11) is 1.35. The summed E-state index contributed by atoms with van der Waals surface area (Å²) in [6, 6.07) is 4.45. The van der Waals surface area contributed by atoms with Gasteiger partial charge in [0.2, 0.25) is 0 Å². The molecule has 1 aliphatic carbocycles. The molecule has 136 valence electrons. The molecule has 2 aromatic heterocycles. The molecule has 0 saturated carbocycles. The van der Waals surface area contributed by atoms with Crippen LogP contribution in [-0.2, 0) is 9.53 Å². The van der Waals surface area contributed by atoms with Crippen LogP contribution >= 0.6 is 23.2 Å². The van der Waals surface area contributed by atoms with E-state index in [0.29, 0.717) is 23.7 Å². The lowest BCUT2D eigenvalue weighted by atomic mass is 9.91. The lowest BCUT2D eigenvalue weighted by Crippen LogP contribution is -2.38. The highest BCUT2D eigenvalue weighted by atomic mass is 35.5. The first-order chi connectivity index (χ1) is 12.5. The minimum Gasteiger partial charge on any atom is -0.469 e. The van der Waals surface area contributed by atoms with Gasteiger partial charge in [-0.2, -0.15) is 5.10 Å². The number of ether oxygens (including phenoxy) is 1. The Hall–Kier alpha value is -2.38. The summed E-state index contributed by atoms with van der Waals surface area (Å²) in [4.78, 5) is 28.6. The summed E-state index contributed by atoms with van der Waals surface area (Å²) in [5.74, 6) is -0.667. The molecule has 0 bridgehead atoms. The number of hydrogen-bond donors (Lipinski definition) is 1. The Labute approximate surface area is 159 Å². The van der Waals surface area contributed by atoms with Crippen molar-refractivity contribution in [3.05, 3.63) is 52.4 Å². The number of methoxy groups -OCH3 is 1. The highest BCUT2D eigenvalue weighted by molar-refractivity contribution is 6.32. The molecule has 0 unspecified atom stereocenters. The van der Waals surface area contributed by atoms with Gasteiger partial charge in [0.1, 0.15) is 5.69 Å². The smallest absolute Gasteiger partial charge is 0.309 e. The minimum atomic E-state index is -0.397. The number of pyridine rings is 1. The van der Waals surface area contributed by atoms with Gasteiger partial charge in [-0.15, -0.1) is 0 Å². The SMILES string of the molecule is COC(=O)[C@@H]1CC=C[C@@H](NC(=O)c2cc(Cl)nn2-c2ncccc2Cl)C1. The van der Waals surface area contributed by atoms with E-state index in [2.05, 4.69) is 15.4 Å². The van der Waals surface area contributed by atoms with Crippen molar-refractivity contribution in [1.29, 1.82) is 0 Å². The third-order valence-electron chi connectivity index (χ3n) is 4.03. The van der Waals surface area contributed by atoms with Gasteiger partial charge < -0.3 is 10.1 Å². The molecule has 1 aliphatic rings. The topological polar surface area (TPSA) is 86.1 Å². The molecule has 0 radical (unpaired) electrons. The Morgan fingerprint density at radius 2 is 2.19 bits per heavy atom. The average molecular weight is 395 g/mol. The van der Waals surface area contributed by atoms with Gasteiger partial charge in [-0.1, -0.05) is 35.4 Å². The van der Waals surface area contributed by atoms with Gasteiger partial charge in [0.15, 0.2) is 11.0 Å². The maximum Gasteiger partial charge on any atom is 0.309 e. The molecule has 2 aromatic rings. The van der Waals surface area contributed by atoms with Gasteiger partial charge in [0.25, 0.3) is 5.91 Å². The van der Waals surface area contributed by atoms with E-state index < -0.39 is 5.91 Å². The zero-order valence-corrected chi connectivity index (χ0v) is 15.4. The molecule has 26 heavy (non-hydrogen) atoms. The fourth-order valence-corrected chi connectivity index (χ4v) is 3.19. The van der Waals surface area contributed by atoms with Crippen LogP contribution in [0, 0.1) is 5.92 Å². The number of allylic oxidation sites excluding steroid dienone is 1. The molecular weight excluding hydrogens is 379 g/mol. The van der Waals surface area contributed by atoms with Crippen LogP contribution < -0.4 is 5.32 Å². The monoisotopic (exact) mass is 394 g/mol. The van der Waals surface area contributed by atoms with E-state index in [-0.39, 0.29) is 28.8 Å². The maximum absolute atomic E-state index is 12.7. The summed E-state index contributed by atoms with van der Waals surface area (Å²) in [5, 5.41) is 7.44. The van der Waals surface area contributed by atoms with E-state index in [4.69, 9.17) is 27.9 Å². The number of amides is 1. The number of nitrogens with zero attached hydrogens (tertiary/aromatic N) is 3. The number of aromatic nitrogens is 3. The first-order valence-corrected chi connectivity index (χ1v) is 8.67. The van der Waals surface area contributed by atoms with Crippen molar-refractivity contribution in [1.82, 2.24) is 20.1 Å². The first-order valence-electron chi connectivity index (χ1n) is 7.91. The van der Waals surface area contributed by atoms with Crippen molar-refractivity contribution in [3.63, 3.8) is 0 Å². The summed E-state index contributed by atoms with van der Waals surface area (Å²) in [5.41, 5.74) is 0.198. The van der Waals surface area contributed by atoms with Crippen LogP contribution in [0.5, 0.6) is 0 Å². The molecule has 0 fully saturated rings. The lowest BCUT2D eigenvalue weighted by Gasteiger charge is -2.23. The fraction of sp³-hybridized carbons (Fsp3) is 0.294. The predicted molar refractivity (Wildman–Crippen MR) is 96.5 cm³/mol. The Bertz CT molecular complexity index is 865. The minimum absolute atomic E-state index is 0.142. The fourth-order valence-electron chi connectivity index (χ4n) is 2.81. The second-order valence-corrected chi connectivity index (χ2v) is 6.57. The van der Waals surface area contributed by atoms with Gasteiger partial charge in [0.05, 0.1) is 18.1 Å². The molecule has 0 spiro atoms. The van der Waals surface area contributed by atoms with E-state index in [1.54, 1.807) is 18.3 Å². The van der Waals surface area contributed by atoms with Gasteiger partial charge in [-0.3, -0.25) is 9.59 Å². The van der Waals surface area contributed by atoms with Gasteiger partial charge in [-0.25, -0.2) is 9.67 Å². The van der Waals surface area contributed by atoms with E-state index in [1.165, 1.54) is 17.9 Å². The molecule has 2 heterocycles. The molecule has 0 aliphatic heterocycles. The van der Waals surface area contributed by atoms with Crippen LogP contribution in [0.1, 0.15) is 23.3 Å². The highest BCUT2D eigenvalue weighted by Gasteiger charge is 2.27. The molecule has 2 atom stereocenters. The van der Waals surface area contributed by atoms with E-state index >= 15 is 0 Å². The third kappa shape index (κ3) is 3.89. The Morgan fingerprint density at radius 1 is 1.38 bits per heavy atom. The van der Waals surface area contributed by atoms with Crippen LogP contribution in [0.4, 0.5) is 0 Å². The largest absolute Gasteiger partial charge is 0.469 e. The highest BCUT2D eigenvalue weighted by Crippen LogP contribution is 2.23. The number of carbonyl (C=O) groups is 2. The van der Waals surface area contributed by atoms with Crippen LogP contribution in [0.2, 0.25) is 10.2 Å². The Balaban J connectivity index is 1.81. The van der Waals surface area contributed by atoms with Gasteiger partial charge in [0, 0.05) is 18.3 Å². The summed E-state index contributed by atoms with van der Waals surface area (Å²) >= 11 is 12.1. The van der Waals surface area contributed by atoms with Crippen LogP contribution in [0.3, 0.4) is 0 Å². The van der Waals surface area contributed by atoms with E-state index in [9.17, 15) is 9.59 Å². The molecule has 1 N–H and O–H groups in total. The molecule has 7 nitrogen and oxygen atoms in total. The lowest BCUT2D eigenvalue weighted by molar-refractivity contribution is -0.145. The summed E-state index contributed by atoms with van der Waals surface area (Å²) in [6.07, 6.45) is 6.31.